The topological polar surface area (TPSA) is 90.8 Å². The zero-order valence-corrected chi connectivity index (χ0v) is 11.6. The maximum atomic E-state index is 11.4. The van der Waals surface area contributed by atoms with E-state index in [-0.39, 0.29) is 18.2 Å². The van der Waals surface area contributed by atoms with E-state index in [0.29, 0.717) is 17.1 Å². The van der Waals surface area contributed by atoms with E-state index in [1.807, 2.05) is 0 Å². The average molecular weight is 290 g/mol. The van der Waals surface area contributed by atoms with Crippen LogP contribution in [-0.2, 0) is 11.3 Å². The largest absolute Gasteiger partial charge is 0.493 e. The van der Waals surface area contributed by atoms with E-state index in [0.717, 1.165) is 0 Å². The van der Waals surface area contributed by atoms with Gasteiger partial charge in [-0.05, 0) is 17.7 Å². The molecule has 0 unspecified atom stereocenters. The molecule has 2 aromatic rings. The number of nitrogens with zero attached hydrogens (tertiary/aromatic N) is 2. The highest BCUT2D eigenvalue weighted by Gasteiger charge is 2.12. The Balaban J connectivity index is 2.27. The Labute approximate surface area is 121 Å². The quantitative estimate of drug-likeness (QED) is 0.835. The Hall–Kier alpha value is -2.67. The van der Waals surface area contributed by atoms with Crippen molar-refractivity contribution < 1.29 is 24.1 Å². The lowest BCUT2D eigenvalue weighted by Crippen LogP contribution is -2.05. The Bertz CT molecular complexity index is 645. The number of aliphatic hydroxyl groups is 1. The minimum atomic E-state index is -0.601. The molecule has 1 aromatic heterocycles. The molecule has 0 aliphatic rings. The molecule has 0 aliphatic heterocycles. The van der Waals surface area contributed by atoms with Crippen LogP contribution in [-0.4, -0.2) is 35.3 Å². The van der Waals surface area contributed by atoms with Crippen LogP contribution in [0.3, 0.4) is 0 Å². The Morgan fingerprint density at radius 3 is 2.71 bits per heavy atom. The van der Waals surface area contributed by atoms with Crippen LogP contribution in [0.25, 0.3) is 0 Å². The summed E-state index contributed by atoms with van der Waals surface area (Å²) in [6.45, 7) is -0.103. The summed E-state index contributed by atoms with van der Waals surface area (Å²) in [5.74, 6) is 0.362. The van der Waals surface area contributed by atoms with Gasteiger partial charge >= 0.3 is 5.97 Å². The molecule has 0 saturated heterocycles. The summed E-state index contributed by atoms with van der Waals surface area (Å²) in [7, 11) is 2.74. The first kappa shape index (κ1) is 14.7. The molecule has 1 heterocycles. The van der Waals surface area contributed by atoms with Crippen LogP contribution in [0.1, 0.15) is 16.1 Å². The SMILES string of the molecule is COC(=O)c1cncc(Oc2ccc(CO)cc2OC)n1. The fraction of sp³-hybridized carbons (Fsp3) is 0.214. The number of esters is 1. The molecule has 1 aromatic carbocycles. The number of hydrogen-bond acceptors (Lipinski definition) is 7. The molecule has 7 nitrogen and oxygen atoms in total. The van der Waals surface area contributed by atoms with Crippen molar-refractivity contribution in [2.75, 3.05) is 14.2 Å². The second kappa shape index (κ2) is 6.67. The predicted octanol–water partition coefficient (Wildman–Crippen LogP) is 1.56. The summed E-state index contributed by atoms with van der Waals surface area (Å²) in [4.78, 5) is 19.3. The minimum Gasteiger partial charge on any atom is -0.493 e. The van der Waals surface area contributed by atoms with Crippen molar-refractivity contribution in [1.82, 2.24) is 9.97 Å². The minimum absolute atomic E-state index is 0.0425. The second-order valence-corrected chi connectivity index (χ2v) is 3.98. The number of hydrogen-bond donors (Lipinski definition) is 1. The van der Waals surface area contributed by atoms with Crippen molar-refractivity contribution >= 4 is 5.97 Å². The van der Waals surface area contributed by atoms with Crippen LogP contribution in [0.15, 0.2) is 30.6 Å². The Morgan fingerprint density at radius 1 is 1.24 bits per heavy atom. The van der Waals surface area contributed by atoms with Gasteiger partial charge in [-0.25, -0.2) is 9.78 Å². The third-order valence-electron chi connectivity index (χ3n) is 2.63. The van der Waals surface area contributed by atoms with Gasteiger partial charge in [-0.1, -0.05) is 6.07 Å². The van der Waals surface area contributed by atoms with Crippen LogP contribution < -0.4 is 9.47 Å². The van der Waals surface area contributed by atoms with Gasteiger partial charge in [0.25, 0.3) is 0 Å². The average Bonchev–Trinajstić information content (AvgIpc) is 2.54. The third kappa shape index (κ3) is 3.46. The fourth-order valence-corrected chi connectivity index (χ4v) is 1.61. The predicted molar refractivity (Wildman–Crippen MR) is 72.4 cm³/mol. The molecule has 0 atom stereocenters. The number of aliphatic hydroxyl groups excluding tert-OH is 1. The molecule has 0 bridgehead atoms. The molecule has 0 saturated carbocycles. The second-order valence-electron chi connectivity index (χ2n) is 3.98. The van der Waals surface area contributed by atoms with E-state index in [4.69, 9.17) is 14.6 Å². The summed E-state index contributed by atoms with van der Waals surface area (Å²) in [5.41, 5.74) is 0.731. The summed E-state index contributed by atoms with van der Waals surface area (Å²) >= 11 is 0. The molecule has 7 heteroatoms. The van der Waals surface area contributed by atoms with E-state index in [9.17, 15) is 4.79 Å². The molecule has 0 radical (unpaired) electrons. The van der Waals surface area contributed by atoms with E-state index < -0.39 is 5.97 Å². The van der Waals surface area contributed by atoms with Crippen molar-refractivity contribution in [3.8, 4) is 17.4 Å². The van der Waals surface area contributed by atoms with Crippen molar-refractivity contribution in [3.63, 3.8) is 0 Å². The number of carbonyl (C=O) groups excluding carboxylic acids is 1. The number of benzene rings is 1. The summed E-state index contributed by atoms with van der Waals surface area (Å²) in [6, 6.07) is 4.97. The van der Waals surface area contributed by atoms with Gasteiger partial charge in [0.1, 0.15) is 0 Å². The monoisotopic (exact) mass is 290 g/mol. The molecule has 0 aliphatic carbocycles. The number of rotatable bonds is 5. The highest BCUT2D eigenvalue weighted by atomic mass is 16.5. The smallest absolute Gasteiger partial charge is 0.358 e. The third-order valence-corrected chi connectivity index (χ3v) is 2.63. The first-order valence-electron chi connectivity index (χ1n) is 6.04. The Kier molecular flexibility index (Phi) is 4.68. The zero-order chi connectivity index (χ0) is 15.2. The van der Waals surface area contributed by atoms with Gasteiger partial charge in [-0.2, -0.15) is 0 Å². The maximum absolute atomic E-state index is 11.4. The molecule has 0 fully saturated rings. The standard InChI is InChI=1S/C14H14N2O5/c1-19-12-5-9(8-17)3-4-11(12)21-13-7-15-6-10(16-13)14(18)20-2/h3-7,17H,8H2,1-2H3. The number of aromatic nitrogens is 2. The molecule has 0 spiro atoms. The molecular weight excluding hydrogens is 276 g/mol. The highest BCUT2D eigenvalue weighted by Crippen LogP contribution is 2.31. The first-order chi connectivity index (χ1) is 10.2. The molecule has 0 amide bonds. The maximum Gasteiger partial charge on any atom is 0.358 e. The van der Waals surface area contributed by atoms with Crippen molar-refractivity contribution in [1.29, 1.82) is 0 Å². The van der Waals surface area contributed by atoms with E-state index in [1.165, 1.54) is 26.6 Å². The number of carbonyl (C=O) groups is 1. The number of ether oxygens (including phenoxy) is 3. The van der Waals surface area contributed by atoms with E-state index in [1.54, 1.807) is 18.2 Å². The van der Waals surface area contributed by atoms with Crippen molar-refractivity contribution in [3.05, 3.63) is 41.9 Å². The van der Waals surface area contributed by atoms with Gasteiger partial charge in [-0.3, -0.25) is 4.98 Å². The Morgan fingerprint density at radius 2 is 2.05 bits per heavy atom. The molecule has 2 rings (SSSR count). The van der Waals surface area contributed by atoms with Crippen LogP contribution in [0.5, 0.6) is 17.4 Å². The van der Waals surface area contributed by atoms with Crippen LogP contribution in [0.2, 0.25) is 0 Å². The highest BCUT2D eigenvalue weighted by molar-refractivity contribution is 5.86. The van der Waals surface area contributed by atoms with Gasteiger partial charge in [0, 0.05) is 0 Å². The molecule has 110 valence electrons. The van der Waals surface area contributed by atoms with Gasteiger partial charge in [-0.15, -0.1) is 0 Å². The lowest BCUT2D eigenvalue weighted by atomic mass is 10.2. The molecule has 1 N–H and O–H groups in total. The van der Waals surface area contributed by atoms with E-state index >= 15 is 0 Å². The fourth-order valence-electron chi connectivity index (χ4n) is 1.61. The summed E-state index contributed by atoms with van der Waals surface area (Å²) in [5, 5.41) is 9.09. The first-order valence-corrected chi connectivity index (χ1v) is 6.04. The normalized spacial score (nSPS) is 10.0. The number of methoxy groups -OCH3 is 2. The summed E-state index contributed by atoms with van der Waals surface area (Å²) < 4.78 is 15.3. The van der Waals surface area contributed by atoms with Crippen LogP contribution in [0, 0.1) is 0 Å². The van der Waals surface area contributed by atoms with Gasteiger partial charge in [0.05, 0.1) is 33.2 Å². The van der Waals surface area contributed by atoms with Gasteiger partial charge < -0.3 is 19.3 Å². The molecule has 21 heavy (non-hydrogen) atoms. The summed E-state index contributed by atoms with van der Waals surface area (Å²) in [6.07, 6.45) is 2.65. The lowest BCUT2D eigenvalue weighted by molar-refractivity contribution is 0.0592. The van der Waals surface area contributed by atoms with E-state index in [2.05, 4.69) is 14.7 Å². The zero-order valence-electron chi connectivity index (χ0n) is 11.6. The van der Waals surface area contributed by atoms with Crippen molar-refractivity contribution in [2.45, 2.75) is 6.61 Å². The van der Waals surface area contributed by atoms with Gasteiger partial charge in [0.2, 0.25) is 5.88 Å². The van der Waals surface area contributed by atoms with Crippen molar-refractivity contribution in [2.24, 2.45) is 0 Å². The lowest BCUT2D eigenvalue weighted by Gasteiger charge is -2.10. The van der Waals surface area contributed by atoms with Crippen LogP contribution in [0.4, 0.5) is 0 Å². The van der Waals surface area contributed by atoms with Crippen LogP contribution >= 0.6 is 0 Å². The molecular formula is C14H14N2O5. The van der Waals surface area contributed by atoms with Gasteiger partial charge in [0.15, 0.2) is 17.2 Å².